The Bertz CT molecular complexity index is 744. The number of hydrogen-bond donors (Lipinski definition) is 1. The zero-order chi connectivity index (χ0) is 15.9. The number of hydrogen-bond acceptors (Lipinski definition) is 2. The third-order valence-electron chi connectivity index (χ3n) is 2.88. The molecule has 0 saturated heterocycles. The van der Waals surface area contributed by atoms with Crippen LogP contribution in [0.3, 0.4) is 0 Å². The van der Waals surface area contributed by atoms with Crippen LogP contribution >= 0.6 is 0 Å². The van der Waals surface area contributed by atoms with Crippen LogP contribution in [0.1, 0.15) is 17.3 Å². The summed E-state index contributed by atoms with van der Waals surface area (Å²) in [7, 11) is 5.69. The van der Waals surface area contributed by atoms with Gasteiger partial charge in [0.05, 0.1) is 17.5 Å². The van der Waals surface area contributed by atoms with Crippen molar-refractivity contribution < 1.29 is 4.79 Å². The summed E-state index contributed by atoms with van der Waals surface area (Å²) in [6, 6.07) is 7.02. The van der Waals surface area contributed by atoms with Gasteiger partial charge in [0.25, 0.3) is 5.91 Å². The molecule has 0 fully saturated rings. The fourth-order valence-corrected chi connectivity index (χ4v) is 1.90. The molecular weight excluding hydrogens is 273 g/mol. The Kier molecular flexibility index (Phi) is 5.14. The lowest BCUT2D eigenvalue weighted by atomic mass is 9.96. The zero-order valence-corrected chi connectivity index (χ0v) is 12.4. The van der Waals surface area contributed by atoms with Crippen molar-refractivity contribution in [3.63, 3.8) is 0 Å². The normalized spacial score (nSPS) is 11.6. The molecule has 0 saturated carbocycles. The monoisotopic (exact) mass is 289 g/mol. The molecular formula is C17H16BN3O. The van der Waals surface area contributed by atoms with Gasteiger partial charge in [0.1, 0.15) is 7.85 Å². The standard InChI is InChI=1S/C17H16BN3O/c1-3-6-16(7-4-2)21-12-13(11-19-21)17(22)20-15-9-5-8-14(18)10-15/h3-12H,1H2,2H3,(H,20,22)/b7-4-,16-6+. The molecule has 0 unspecified atom stereocenters. The lowest BCUT2D eigenvalue weighted by molar-refractivity contribution is 0.102. The molecule has 1 heterocycles. The molecule has 0 aliphatic rings. The predicted molar refractivity (Wildman–Crippen MR) is 91.3 cm³/mol. The first-order valence-electron chi connectivity index (χ1n) is 6.81. The minimum atomic E-state index is -0.240. The van der Waals surface area contributed by atoms with Gasteiger partial charge in [-0.3, -0.25) is 4.79 Å². The summed E-state index contributed by atoms with van der Waals surface area (Å²) in [5, 5.41) is 6.98. The van der Waals surface area contributed by atoms with Crippen LogP contribution in [0.5, 0.6) is 0 Å². The molecule has 0 bridgehead atoms. The molecule has 2 radical (unpaired) electrons. The molecule has 0 aliphatic heterocycles. The SMILES string of the molecule is [B]c1cccc(NC(=O)c2cnn(C(/C=C\C)=C/C=C)c2)c1. The molecule has 1 amide bonds. The maximum atomic E-state index is 12.2. The van der Waals surface area contributed by atoms with Crippen molar-refractivity contribution in [2.45, 2.75) is 6.92 Å². The van der Waals surface area contributed by atoms with Crippen LogP contribution in [0, 0.1) is 0 Å². The Morgan fingerprint density at radius 3 is 2.95 bits per heavy atom. The number of carbonyl (C=O) groups is 1. The van der Waals surface area contributed by atoms with E-state index in [9.17, 15) is 4.79 Å². The summed E-state index contributed by atoms with van der Waals surface area (Å²) in [5.74, 6) is -0.240. The summed E-state index contributed by atoms with van der Waals surface area (Å²) in [6.07, 6.45) is 10.4. The fourth-order valence-electron chi connectivity index (χ4n) is 1.90. The smallest absolute Gasteiger partial charge is 0.258 e. The molecule has 5 heteroatoms. The first-order valence-corrected chi connectivity index (χ1v) is 6.81. The van der Waals surface area contributed by atoms with Crippen LogP contribution in [-0.2, 0) is 0 Å². The van der Waals surface area contributed by atoms with Crippen LogP contribution in [0.4, 0.5) is 5.69 Å². The lowest BCUT2D eigenvalue weighted by Crippen LogP contribution is -2.13. The minimum absolute atomic E-state index is 0.240. The fraction of sp³-hybridized carbons (Fsp3) is 0.0588. The van der Waals surface area contributed by atoms with Crippen molar-refractivity contribution in [3.8, 4) is 0 Å². The molecule has 1 aromatic carbocycles. The molecule has 2 rings (SSSR count). The minimum Gasteiger partial charge on any atom is -0.322 e. The van der Waals surface area contributed by atoms with Crippen molar-refractivity contribution in [2.75, 3.05) is 5.32 Å². The van der Waals surface area contributed by atoms with Gasteiger partial charge in [0, 0.05) is 11.9 Å². The van der Waals surface area contributed by atoms with E-state index in [0.29, 0.717) is 16.7 Å². The average molecular weight is 289 g/mol. The van der Waals surface area contributed by atoms with Gasteiger partial charge in [-0.1, -0.05) is 36.3 Å². The Hall–Kier alpha value is -2.82. The highest BCUT2D eigenvalue weighted by Crippen LogP contribution is 2.11. The summed E-state index contributed by atoms with van der Waals surface area (Å²) in [5.41, 5.74) is 2.52. The number of nitrogens with one attached hydrogen (secondary N) is 1. The largest absolute Gasteiger partial charge is 0.322 e. The molecule has 22 heavy (non-hydrogen) atoms. The quantitative estimate of drug-likeness (QED) is 0.679. The molecule has 0 atom stereocenters. The van der Waals surface area contributed by atoms with Gasteiger partial charge in [0.2, 0.25) is 0 Å². The second-order valence-electron chi connectivity index (χ2n) is 4.58. The van der Waals surface area contributed by atoms with Crippen LogP contribution in [-0.4, -0.2) is 23.5 Å². The van der Waals surface area contributed by atoms with E-state index in [2.05, 4.69) is 17.0 Å². The molecule has 0 aliphatic carbocycles. The number of carbonyl (C=O) groups excluding carboxylic acids is 1. The number of nitrogens with zero attached hydrogens (tertiary/aromatic N) is 2. The van der Waals surface area contributed by atoms with Crippen LogP contribution in [0.15, 0.2) is 67.5 Å². The van der Waals surface area contributed by atoms with Crippen molar-refractivity contribution in [2.24, 2.45) is 0 Å². The number of rotatable bonds is 5. The van der Waals surface area contributed by atoms with E-state index in [0.717, 1.165) is 5.70 Å². The van der Waals surface area contributed by atoms with E-state index >= 15 is 0 Å². The van der Waals surface area contributed by atoms with Crippen molar-refractivity contribution in [1.82, 2.24) is 9.78 Å². The number of anilines is 1. The molecule has 2 aromatic rings. The third-order valence-corrected chi connectivity index (χ3v) is 2.88. The highest BCUT2D eigenvalue weighted by Gasteiger charge is 2.10. The first kappa shape index (κ1) is 15.6. The second-order valence-corrected chi connectivity index (χ2v) is 4.58. The number of aromatic nitrogens is 2. The van der Waals surface area contributed by atoms with Crippen LogP contribution < -0.4 is 10.8 Å². The Balaban J connectivity index is 2.18. The maximum absolute atomic E-state index is 12.2. The highest BCUT2D eigenvalue weighted by atomic mass is 16.1. The number of amides is 1. The summed E-state index contributed by atoms with van der Waals surface area (Å²) in [6.45, 7) is 5.58. The topological polar surface area (TPSA) is 46.9 Å². The molecule has 4 nitrogen and oxygen atoms in total. The van der Waals surface area contributed by atoms with Gasteiger partial charge in [-0.2, -0.15) is 5.10 Å². The van der Waals surface area contributed by atoms with E-state index in [1.807, 2.05) is 25.2 Å². The van der Waals surface area contributed by atoms with E-state index in [1.165, 1.54) is 6.20 Å². The lowest BCUT2D eigenvalue weighted by Gasteiger charge is -2.04. The first-order chi connectivity index (χ1) is 10.6. The Morgan fingerprint density at radius 2 is 2.27 bits per heavy atom. The van der Waals surface area contributed by atoms with E-state index < -0.39 is 0 Å². The van der Waals surface area contributed by atoms with Crippen molar-refractivity contribution in [1.29, 1.82) is 0 Å². The molecule has 108 valence electrons. The van der Waals surface area contributed by atoms with E-state index in [-0.39, 0.29) is 5.91 Å². The molecule has 0 spiro atoms. The second kappa shape index (κ2) is 7.27. The molecule has 1 N–H and O–H groups in total. The summed E-state index contributed by atoms with van der Waals surface area (Å²) < 4.78 is 1.62. The van der Waals surface area contributed by atoms with E-state index in [4.69, 9.17) is 7.85 Å². The predicted octanol–water partition coefficient (Wildman–Crippen LogP) is 2.53. The maximum Gasteiger partial charge on any atom is 0.258 e. The number of allylic oxidation sites excluding steroid dienone is 5. The molecule has 1 aromatic heterocycles. The van der Waals surface area contributed by atoms with Gasteiger partial charge < -0.3 is 5.32 Å². The zero-order valence-electron chi connectivity index (χ0n) is 12.4. The van der Waals surface area contributed by atoms with E-state index in [1.54, 1.807) is 41.2 Å². The summed E-state index contributed by atoms with van der Waals surface area (Å²) >= 11 is 0. The van der Waals surface area contributed by atoms with Gasteiger partial charge in [-0.25, -0.2) is 4.68 Å². The van der Waals surface area contributed by atoms with Crippen LogP contribution in [0.25, 0.3) is 5.70 Å². The van der Waals surface area contributed by atoms with Gasteiger partial charge >= 0.3 is 0 Å². The Labute approximate surface area is 131 Å². The van der Waals surface area contributed by atoms with Gasteiger partial charge in [-0.15, -0.1) is 0 Å². The van der Waals surface area contributed by atoms with Crippen molar-refractivity contribution in [3.05, 3.63) is 73.1 Å². The average Bonchev–Trinajstić information content (AvgIpc) is 2.97. The third kappa shape index (κ3) is 3.85. The van der Waals surface area contributed by atoms with Gasteiger partial charge in [0.15, 0.2) is 0 Å². The highest BCUT2D eigenvalue weighted by molar-refractivity contribution is 6.32. The van der Waals surface area contributed by atoms with Crippen LogP contribution in [0.2, 0.25) is 0 Å². The Morgan fingerprint density at radius 1 is 1.45 bits per heavy atom. The van der Waals surface area contributed by atoms with Gasteiger partial charge in [-0.05, 0) is 31.2 Å². The number of benzene rings is 1. The van der Waals surface area contributed by atoms with Crippen molar-refractivity contribution >= 4 is 30.6 Å². The summed E-state index contributed by atoms with van der Waals surface area (Å²) in [4.78, 5) is 12.2.